The van der Waals surface area contributed by atoms with Gasteiger partial charge in [-0.05, 0) is 35.6 Å². The van der Waals surface area contributed by atoms with Gasteiger partial charge in [0.2, 0.25) is 0 Å². The van der Waals surface area contributed by atoms with Crippen LogP contribution in [-0.4, -0.2) is 20.5 Å². The van der Waals surface area contributed by atoms with Gasteiger partial charge in [0, 0.05) is 11.8 Å². The second-order valence-electron chi connectivity index (χ2n) is 2.93. The maximum Gasteiger partial charge on any atom is 0.336 e. The molecule has 2 aromatic rings. The third-order valence-electron chi connectivity index (χ3n) is 2.11. The summed E-state index contributed by atoms with van der Waals surface area (Å²) in [4.78, 5) is 15.0. The molecule has 0 saturated carbocycles. The molecule has 0 aliphatic carbocycles. The van der Waals surface area contributed by atoms with Gasteiger partial charge in [-0.3, -0.25) is 4.40 Å². The van der Waals surface area contributed by atoms with Crippen molar-refractivity contribution in [3.05, 3.63) is 33.3 Å². The number of pyridine rings is 1. The lowest BCUT2D eigenvalue weighted by molar-refractivity contribution is 0.0696. The van der Waals surface area contributed by atoms with Crippen molar-refractivity contribution in [3.8, 4) is 0 Å². The van der Waals surface area contributed by atoms with E-state index in [2.05, 4.69) is 27.6 Å². The van der Waals surface area contributed by atoms with Crippen LogP contribution in [0.3, 0.4) is 0 Å². The number of carboxylic acids is 1. The molecule has 0 bridgehead atoms. The minimum atomic E-state index is -0.914. The summed E-state index contributed by atoms with van der Waals surface area (Å²) in [7, 11) is 0. The van der Waals surface area contributed by atoms with Crippen LogP contribution < -0.4 is 0 Å². The first-order chi connectivity index (χ1) is 6.61. The minimum Gasteiger partial charge on any atom is -0.478 e. The molecule has 0 amide bonds. The highest BCUT2D eigenvalue weighted by atomic mass is 127. The first-order valence-corrected chi connectivity index (χ1v) is 5.04. The first kappa shape index (κ1) is 9.45. The van der Waals surface area contributed by atoms with E-state index in [4.69, 9.17) is 5.11 Å². The molecular formula is C9H7IN2O2. The maximum atomic E-state index is 10.8. The van der Waals surface area contributed by atoms with E-state index >= 15 is 0 Å². The summed E-state index contributed by atoms with van der Waals surface area (Å²) in [6, 6.07) is 1.59. The number of aromatic carboxylic acids is 1. The number of hydrogen-bond donors (Lipinski definition) is 1. The number of hydrogen-bond acceptors (Lipinski definition) is 2. The number of imidazole rings is 1. The molecule has 1 N–H and O–H groups in total. The van der Waals surface area contributed by atoms with Crippen molar-refractivity contribution in [2.45, 2.75) is 6.92 Å². The number of aryl methyl sites for hydroxylation is 1. The molecule has 0 radical (unpaired) electrons. The Hall–Kier alpha value is -1.11. The zero-order valence-corrected chi connectivity index (χ0v) is 9.52. The van der Waals surface area contributed by atoms with Crippen molar-refractivity contribution in [1.29, 1.82) is 0 Å². The molecule has 2 heterocycles. The summed E-state index contributed by atoms with van der Waals surface area (Å²) in [5.41, 5.74) is 1.71. The molecule has 5 heteroatoms. The highest BCUT2D eigenvalue weighted by molar-refractivity contribution is 14.1. The quantitative estimate of drug-likeness (QED) is 0.819. The molecule has 0 saturated heterocycles. The molecular weight excluding hydrogens is 295 g/mol. The van der Waals surface area contributed by atoms with E-state index < -0.39 is 5.97 Å². The predicted octanol–water partition coefficient (Wildman–Crippen LogP) is 1.95. The molecule has 0 aliphatic rings. The number of fused-ring (bicyclic) bond motifs is 1. The van der Waals surface area contributed by atoms with Gasteiger partial charge in [-0.2, -0.15) is 0 Å². The van der Waals surface area contributed by atoms with Crippen LogP contribution in [0.15, 0.2) is 18.5 Å². The smallest absolute Gasteiger partial charge is 0.336 e. The number of halogens is 1. The summed E-state index contributed by atoms with van der Waals surface area (Å²) in [6.45, 7) is 1.77. The molecule has 4 nitrogen and oxygen atoms in total. The molecule has 0 atom stereocenters. The number of nitrogens with zero attached hydrogens (tertiary/aromatic N) is 2. The average Bonchev–Trinajstić information content (AvgIpc) is 2.49. The largest absolute Gasteiger partial charge is 0.478 e. The molecule has 14 heavy (non-hydrogen) atoms. The van der Waals surface area contributed by atoms with Gasteiger partial charge in [-0.1, -0.05) is 0 Å². The van der Waals surface area contributed by atoms with E-state index in [9.17, 15) is 4.79 Å². The minimum absolute atomic E-state index is 0.305. The van der Waals surface area contributed by atoms with Crippen LogP contribution in [0.25, 0.3) is 5.65 Å². The van der Waals surface area contributed by atoms with E-state index in [1.165, 1.54) is 0 Å². The Morgan fingerprint density at radius 3 is 3.00 bits per heavy atom. The van der Waals surface area contributed by atoms with Crippen LogP contribution in [0, 0.1) is 10.6 Å². The monoisotopic (exact) mass is 302 g/mol. The van der Waals surface area contributed by atoms with Gasteiger partial charge >= 0.3 is 5.97 Å². The van der Waals surface area contributed by atoms with Crippen molar-refractivity contribution in [2.24, 2.45) is 0 Å². The molecule has 0 aromatic carbocycles. The SMILES string of the molecule is Cc1c(C(=O)O)ccn2c(I)cnc12. The average molecular weight is 302 g/mol. The summed E-state index contributed by atoms with van der Waals surface area (Å²) >= 11 is 2.15. The van der Waals surface area contributed by atoms with Gasteiger partial charge in [0.1, 0.15) is 9.35 Å². The first-order valence-electron chi connectivity index (χ1n) is 3.96. The molecule has 72 valence electrons. The lowest BCUT2D eigenvalue weighted by atomic mass is 10.1. The Labute approximate surface area is 93.7 Å². The normalized spacial score (nSPS) is 10.7. The second kappa shape index (κ2) is 3.23. The zero-order valence-electron chi connectivity index (χ0n) is 7.36. The van der Waals surface area contributed by atoms with Gasteiger partial charge in [-0.15, -0.1) is 0 Å². The molecule has 2 aromatic heterocycles. The maximum absolute atomic E-state index is 10.8. The fourth-order valence-corrected chi connectivity index (χ4v) is 1.91. The van der Waals surface area contributed by atoms with Crippen molar-refractivity contribution in [3.63, 3.8) is 0 Å². The third kappa shape index (κ3) is 1.28. The lowest BCUT2D eigenvalue weighted by Gasteiger charge is -2.02. The molecule has 0 fully saturated rings. The molecule has 0 spiro atoms. The highest BCUT2D eigenvalue weighted by Crippen LogP contribution is 2.16. The van der Waals surface area contributed by atoms with E-state index in [1.807, 2.05) is 4.40 Å². The summed E-state index contributed by atoms with van der Waals surface area (Å²) in [6.07, 6.45) is 3.44. The molecule has 2 rings (SSSR count). The number of aromatic nitrogens is 2. The van der Waals surface area contributed by atoms with E-state index in [1.54, 1.807) is 25.4 Å². The van der Waals surface area contributed by atoms with Crippen LogP contribution in [0.2, 0.25) is 0 Å². The molecule has 0 unspecified atom stereocenters. The van der Waals surface area contributed by atoms with Crippen molar-refractivity contribution in [1.82, 2.24) is 9.38 Å². The topological polar surface area (TPSA) is 54.6 Å². The third-order valence-corrected chi connectivity index (χ3v) is 2.91. The lowest BCUT2D eigenvalue weighted by Crippen LogP contribution is -2.02. The predicted molar refractivity (Wildman–Crippen MR) is 59.6 cm³/mol. The zero-order chi connectivity index (χ0) is 10.3. The second-order valence-corrected chi connectivity index (χ2v) is 4.04. The van der Waals surface area contributed by atoms with Crippen molar-refractivity contribution >= 4 is 34.2 Å². The van der Waals surface area contributed by atoms with Gasteiger partial charge in [0.05, 0.1) is 11.8 Å². The van der Waals surface area contributed by atoms with Gasteiger partial charge in [0.25, 0.3) is 0 Å². The summed E-state index contributed by atoms with van der Waals surface area (Å²) in [5, 5.41) is 8.89. The summed E-state index contributed by atoms with van der Waals surface area (Å²) < 4.78 is 2.83. The van der Waals surface area contributed by atoms with E-state index in [0.29, 0.717) is 16.8 Å². The number of carboxylic acid groups (broad SMARTS) is 1. The van der Waals surface area contributed by atoms with E-state index in [0.717, 1.165) is 3.70 Å². The van der Waals surface area contributed by atoms with Gasteiger partial charge in [0.15, 0.2) is 0 Å². The Morgan fingerprint density at radius 1 is 1.64 bits per heavy atom. The van der Waals surface area contributed by atoms with Gasteiger partial charge in [-0.25, -0.2) is 9.78 Å². The van der Waals surface area contributed by atoms with Crippen LogP contribution in [0.5, 0.6) is 0 Å². The Balaban J connectivity index is 2.82. The van der Waals surface area contributed by atoms with E-state index in [-0.39, 0.29) is 0 Å². The standard InChI is InChI=1S/C9H7IN2O2/c1-5-6(9(13)14)2-3-12-7(10)4-11-8(5)12/h2-4H,1H3,(H,13,14). The van der Waals surface area contributed by atoms with Crippen LogP contribution in [0.1, 0.15) is 15.9 Å². The van der Waals surface area contributed by atoms with Crippen molar-refractivity contribution in [2.75, 3.05) is 0 Å². The highest BCUT2D eigenvalue weighted by Gasteiger charge is 2.11. The van der Waals surface area contributed by atoms with Crippen LogP contribution in [-0.2, 0) is 0 Å². The fourth-order valence-electron chi connectivity index (χ4n) is 1.39. The number of carbonyl (C=O) groups is 1. The summed E-state index contributed by atoms with van der Waals surface area (Å²) in [5.74, 6) is -0.914. The number of rotatable bonds is 1. The van der Waals surface area contributed by atoms with Gasteiger partial charge < -0.3 is 5.11 Å². The molecule has 0 aliphatic heterocycles. The van der Waals surface area contributed by atoms with Crippen molar-refractivity contribution < 1.29 is 9.90 Å². The fraction of sp³-hybridized carbons (Fsp3) is 0.111. The Bertz CT molecular complexity index is 519. The Morgan fingerprint density at radius 2 is 2.36 bits per heavy atom. The van der Waals surface area contributed by atoms with Crippen LogP contribution in [0.4, 0.5) is 0 Å². The Kier molecular flexibility index (Phi) is 2.18. The van der Waals surface area contributed by atoms with Crippen LogP contribution >= 0.6 is 22.6 Å².